The van der Waals surface area contributed by atoms with Crippen molar-refractivity contribution < 1.29 is 4.74 Å². The molecular formula is C13H16N4OS. The van der Waals surface area contributed by atoms with Gasteiger partial charge in [0.15, 0.2) is 5.16 Å². The number of anilines is 1. The third kappa shape index (κ3) is 3.82. The van der Waals surface area contributed by atoms with Crippen LogP contribution in [0.2, 0.25) is 0 Å². The van der Waals surface area contributed by atoms with E-state index in [0.29, 0.717) is 5.16 Å². The van der Waals surface area contributed by atoms with E-state index in [-0.39, 0.29) is 5.95 Å². The van der Waals surface area contributed by atoms with Crippen LogP contribution in [0.25, 0.3) is 0 Å². The van der Waals surface area contributed by atoms with Gasteiger partial charge in [-0.25, -0.2) is 4.98 Å². The van der Waals surface area contributed by atoms with Gasteiger partial charge in [-0.3, -0.25) is 0 Å². The number of methoxy groups -OCH3 is 1. The number of aryl methyl sites for hydroxylation is 2. The van der Waals surface area contributed by atoms with Crippen LogP contribution in [0.4, 0.5) is 5.95 Å². The van der Waals surface area contributed by atoms with Gasteiger partial charge in [0, 0.05) is 6.42 Å². The first-order chi connectivity index (χ1) is 9.21. The van der Waals surface area contributed by atoms with Crippen molar-refractivity contribution in [2.75, 3.05) is 19.1 Å². The molecule has 0 amide bonds. The summed E-state index contributed by atoms with van der Waals surface area (Å²) in [6, 6.07) is 7.98. The van der Waals surface area contributed by atoms with Gasteiger partial charge in [-0.05, 0) is 30.4 Å². The summed E-state index contributed by atoms with van der Waals surface area (Å²) in [5.41, 5.74) is 6.86. The van der Waals surface area contributed by atoms with Crippen molar-refractivity contribution >= 4 is 17.7 Å². The molecule has 0 bridgehead atoms. The summed E-state index contributed by atoms with van der Waals surface area (Å²) in [7, 11) is 1.66. The second-order valence-corrected chi connectivity index (χ2v) is 4.72. The van der Waals surface area contributed by atoms with Gasteiger partial charge in [0.05, 0.1) is 7.11 Å². The zero-order valence-corrected chi connectivity index (χ0v) is 11.8. The van der Waals surface area contributed by atoms with Crippen LogP contribution >= 0.6 is 11.8 Å². The predicted molar refractivity (Wildman–Crippen MR) is 76.4 cm³/mol. The lowest BCUT2D eigenvalue weighted by molar-refractivity contribution is 0.414. The van der Waals surface area contributed by atoms with Crippen LogP contribution in [0.15, 0.2) is 29.4 Å². The molecule has 0 atom stereocenters. The summed E-state index contributed by atoms with van der Waals surface area (Å²) in [5, 5.41) is 0.664. The van der Waals surface area contributed by atoms with Gasteiger partial charge < -0.3 is 10.5 Å². The van der Waals surface area contributed by atoms with E-state index in [0.717, 1.165) is 24.4 Å². The molecule has 19 heavy (non-hydrogen) atoms. The van der Waals surface area contributed by atoms with Gasteiger partial charge in [0.2, 0.25) is 5.95 Å². The van der Waals surface area contributed by atoms with E-state index in [1.54, 1.807) is 7.11 Å². The molecule has 1 aromatic carbocycles. The van der Waals surface area contributed by atoms with E-state index in [4.69, 9.17) is 10.5 Å². The Morgan fingerprint density at radius 3 is 2.47 bits per heavy atom. The predicted octanol–water partition coefficient (Wildman–Crippen LogP) is 1.97. The lowest BCUT2D eigenvalue weighted by atomic mass is 10.1. The highest BCUT2D eigenvalue weighted by Crippen LogP contribution is 2.14. The second-order valence-electron chi connectivity index (χ2n) is 3.94. The van der Waals surface area contributed by atoms with Crippen LogP contribution in [0, 0.1) is 0 Å². The third-order valence-electron chi connectivity index (χ3n) is 2.66. The second kappa shape index (κ2) is 6.38. The molecule has 2 rings (SSSR count). The Morgan fingerprint density at radius 1 is 1.11 bits per heavy atom. The molecule has 0 aliphatic carbocycles. The minimum absolute atomic E-state index is 0.282. The molecule has 0 saturated heterocycles. The van der Waals surface area contributed by atoms with Crippen molar-refractivity contribution in [1.82, 2.24) is 15.0 Å². The average molecular weight is 276 g/mol. The highest BCUT2D eigenvalue weighted by Gasteiger charge is 2.04. The molecule has 5 nitrogen and oxygen atoms in total. The molecule has 0 radical (unpaired) electrons. The third-order valence-corrected chi connectivity index (χ3v) is 3.21. The first-order valence-electron chi connectivity index (χ1n) is 5.88. The van der Waals surface area contributed by atoms with Crippen molar-refractivity contribution in [2.45, 2.75) is 18.0 Å². The number of nitrogens with zero attached hydrogens (tertiary/aromatic N) is 3. The standard InChI is InChI=1S/C13H16N4OS/c1-18-10-6-3-9(4-7-10)5-8-11-15-12(14)17-13(16-11)19-2/h3-4,6-7H,5,8H2,1-2H3,(H2,14,15,16,17). The van der Waals surface area contributed by atoms with Gasteiger partial charge >= 0.3 is 0 Å². The number of nitrogens with two attached hydrogens (primary N) is 1. The van der Waals surface area contributed by atoms with E-state index < -0.39 is 0 Å². The Labute approximate surface area is 116 Å². The number of hydrogen-bond acceptors (Lipinski definition) is 6. The van der Waals surface area contributed by atoms with E-state index in [2.05, 4.69) is 15.0 Å². The largest absolute Gasteiger partial charge is 0.497 e. The molecule has 100 valence electrons. The summed E-state index contributed by atoms with van der Waals surface area (Å²) >= 11 is 1.46. The quantitative estimate of drug-likeness (QED) is 0.842. The SMILES string of the molecule is COc1ccc(CCc2nc(N)nc(SC)n2)cc1. The van der Waals surface area contributed by atoms with Crippen LogP contribution in [0.1, 0.15) is 11.4 Å². The number of rotatable bonds is 5. The fourth-order valence-electron chi connectivity index (χ4n) is 1.67. The van der Waals surface area contributed by atoms with Crippen LogP contribution in [0.3, 0.4) is 0 Å². The molecule has 0 aliphatic heterocycles. The van der Waals surface area contributed by atoms with Gasteiger partial charge in [0.1, 0.15) is 11.6 Å². The number of aromatic nitrogens is 3. The molecule has 6 heteroatoms. The first-order valence-corrected chi connectivity index (χ1v) is 7.11. The smallest absolute Gasteiger partial charge is 0.224 e. The van der Waals surface area contributed by atoms with Gasteiger partial charge in [-0.2, -0.15) is 9.97 Å². The highest BCUT2D eigenvalue weighted by molar-refractivity contribution is 7.98. The summed E-state index contributed by atoms with van der Waals surface area (Å²) in [6.45, 7) is 0. The summed E-state index contributed by atoms with van der Waals surface area (Å²) in [6.07, 6.45) is 3.52. The van der Waals surface area contributed by atoms with Gasteiger partial charge in [0.25, 0.3) is 0 Å². The normalized spacial score (nSPS) is 10.4. The number of nitrogen functional groups attached to an aromatic ring is 1. The van der Waals surface area contributed by atoms with E-state index in [9.17, 15) is 0 Å². The number of hydrogen-bond donors (Lipinski definition) is 1. The number of thioether (sulfide) groups is 1. The fourth-order valence-corrected chi connectivity index (χ4v) is 2.05. The Bertz CT molecular complexity index is 545. The first kappa shape index (κ1) is 13.6. The molecule has 0 saturated carbocycles. The van der Waals surface area contributed by atoms with Crippen molar-refractivity contribution in [3.63, 3.8) is 0 Å². The minimum Gasteiger partial charge on any atom is -0.497 e. The lowest BCUT2D eigenvalue weighted by Gasteiger charge is -2.04. The van der Waals surface area contributed by atoms with Crippen LogP contribution < -0.4 is 10.5 Å². The van der Waals surface area contributed by atoms with Gasteiger partial charge in [-0.15, -0.1) is 0 Å². The number of ether oxygens (including phenoxy) is 1. The molecule has 0 aliphatic rings. The van der Waals surface area contributed by atoms with E-state index in [1.165, 1.54) is 17.3 Å². The maximum absolute atomic E-state index is 5.65. The zero-order valence-electron chi connectivity index (χ0n) is 11.0. The molecule has 1 aromatic heterocycles. The Morgan fingerprint density at radius 2 is 1.84 bits per heavy atom. The molecule has 2 N–H and O–H groups in total. The number of benzene rings is 1. The molecule has 0 fully saturated rings. The zero-order chi connectivity index (χ0) is 13.7. The lowest BCUT2D eigenvalue weighted by Crippen LogP contribution is -2.05. The maximum Gasteiger partial charge on any atom is 0.224 e. The van der Waals surface area contributed by atoms with E-state index >= 15 is 0 Å². The molecule has 2 aromatic rings. The summed E-state index contributed by atoms with van der Waals surface area (Å²) in [5.74, 6) is 1.87. The van der Waals surface area contributed by atoms with Crippen LogP contribution in [0.5, 0.6) is 5.75 Å². The van der Waals surface area contributed by atoms with Crippen LogP contribution in [-0.2, 0) is 12.8 Å². The molecule has 0 spiro atoms. The minimum atomic E-state index is 0.282. The van der Waals surface area contributed by atoms with Crippen molar-refractivity contribution in [3.8, 4) is 5.75 Å². The Kier molecular flexibility index (Phi) is 4.57. The fraction of sp³-hybridized carbons (Fsp3) is 0.308. The molecule has 0 unspecified atom stereocenters. The maximum atomic E-state index is 5.65. The average Bonchev–Trinajstić information content (AvgIpc) is 2.45. The molecular weight excluding hydrogens is 260 g/mol. The van der Waals surface area contributed by atoms with Gasteiger partial charge in [-0.1, -0.05) is 23.9 Å². The van der Waals surface area contributed by atoms with Crippen molar-refractivity contribution in [2.24, 2.45) is 0 Å². The molecule has 1 heterocycles. The Hall–Kier alpha value is -1.82. The van der Waals surface area contributed by atoms with Crippen molar-refractivity contribution in [3.05, 3.63) is 35.7 Å². The highest BCUT2D eigenvalue weighted by atomic mass is 32.2. The summed E-state index contributed by atoms with van der Waals surface area (Å²) in [4.78, 5) is 12.5. The van der Waals surface area contributed by atoms with E-state index in [1.807, 2.05) is 30.5 Å². The van der Waals surface area contributed by atoms with Crippen molar-refractivity contribution in [1.29, 1.82) is 0 Å². The Balaban J connectivity index is 2.03. The monoisotopic (exact) mass is 276 g/mol. The summed E-state index contributed by atoms with van der Waals surface area (Å²) < 4.78 is 5.13. The van der Waals surface area contributed by atoms with Crippen LogP contribution in [-0.4, -0.2) is 28.3 Å². The topological polar surface area (TPSA) is 73.9 Å².